The smallest absolute Gasteiger partial charge is 0.0518 e. The van der Waals surface area contributed by atoms with Crippen LogP contribution in [-0.4, -0.2) is 16.3 Å². The molecule has 0 aliphatic heterocycles. The van der Waals surface area contributed by atoms with Gasteiger partial charge in [0.15, 0.2) is 0 Å². The summed E-state index contributed by atoms with van der Waals surface area (Å²) in [5.41, 5.74) is 6.55. The predicted octanol–water partition coefficient (Wildman–Crippen LogP) is 0.540. The maximum Gasteiger partial charge on any atom is 0.0518 e. The summed E-state index contributed by atoms with van der Waals surface area (Å²) in [5, 5.41) is 4.11. The Balaban J connectivity index is 2.42. The largest absolute Gasteiger partial charge is 0.330 e. The minimum atomic E-state index is 0.735. The van der Waals surface area contributed by atoms with E-state index in [4.69, 9.17) is 5.73 Å². The van der Waals surface area contributed by atoms with Crippen LogP contribution in [0.3, 0.4) is 0 Å². The lowest BCUT2D eigenvalue weighted by molar-refractivity contribution is 0.584. The number of aromatic nitrogens is 2. The van der Waals surface area contributed by atoms with Gasteiger partial charge in [-0.2, -0.15) is 5.10 Å². The van der Waals surface area contributed by atoms with Crippen LogP contribution in [0.25, 0.3) is 0 Å². The molecule has 0 amide bonds. The van der Waals surface area contributed by atoms with Crippen LogP contribution in [-0.2, 0) is 6.54 Å². The zero-order valence-corrected chi connectivity index (χ0v) is 6.25. The van der Waals surface area contributed by atoms with E-state index in [0.29, 0.717) is 0 Å². The quantitative estimate of drug-likeness (QED) is 0.664. The molecule has 1 aromatic heterocycles. The molecule has 10 heavy (non-hydrogen) atoms. The first kappa shape index (κ1) is 7.28. The summed E-state index contributed by atoms with van der Waals surface area (Å²) < 4.78 is 1.92. The Kier molecular flexibility index (Phi) is 2.45. The Morgan fingerprint density at radius 2 is 2.50 bits per heavy atom. The lowest BCUT2D eigenvalue weighted by atomic mass is 10.4. The summed E-state index contributed by atoms with van der Waals surface area (Å²) >= 11 is 0. The summed E-state index contributed by atoms with van der Waals surface area (Å²) in [6.07, 6.45) is 4.88. The molecule has 0 spiro atoms. The van der Waals surface area contributed by atoms with E-state index in [0.717, 1.165) is 19.5 Å². The minimum absolute atomic E-state index is 0.735. The SMILES string of the molecule is Cc1cnn(CCCN)c1. The van der Waals surface area contributed by atoms with E-state index in [1.54, 1.807) is 0 Å². The molecular formula is C7H13N3. The van der Waals surface area contributed by atoms with Crippen LogP contribution in [0, 0.1) is 6.92 Å². The topological polar surface area (TPSA) is 43.8 Å². The Morgan fingerprint density at radius 3 is 3.00 bits per heavy atom. The molecule has 0 atom stereocenters. The zero-order valence-electron chi connectivity index (χ0n) is 6.25. The minimum Gasteiger partial charge on any atom is -0.330 e. The fraction of sp³-hybridized carbons (Fsp3) is 0.571. The highest BCUT2D eigenvalue weighted by Gasteiger charge is 1.90. The molecule has 3 heteroatoms. The maximum absolute atomic E-state index is 5.34. The van der Waals surface area contributed by atoms with Gasteiger partial charge in [0.1, 0.15) is 0 Å². The average Bonchev–Trinajstić information content (AvgIpc) is 2.31. The van der Waals surface area contributed by atoms with Gasteiger partial charge in [-0.1, -0.05) is 0 Å². The molecule has 0 aliphatic carbocycles. The molecular weight excluding hydrogens is 126 g/mol. The molecule has 56 valence electrons. The zero-order chi connectivity index (χ0) is 7.40. The van der Waals surface area contributed by atoms with Crippen molar-refractivity contribution in [1.82, 2.24) is 9.78 Å². The molecule has 0 aromatic carbocycles. The van der Waals surface area contributed by atoms with E-state index in [2.05, 4.69) is 5.10 Å². The second kappa shape index (κ2) is 3.37. The predicted molar refractivity (Wildman–Crippen MR) is 40.6 cm³/mol. The van der Waals surface area contributed by atoms with Crippen LogP contribution in [0.5, 0.6) is 0 Å². The number of aryl methyl sites for hydroxylation is 2. The monoisotopic (exact) mass is 139 g/mol. The number of hydrogen-bond acceptors (Lipinski definition) is 2. The van der Waals surface area contributed by atoms with Crippen molar-refractivity contribution in [3.05, 3.63) is 18.0 Å². The van der Waals surface area contributed by atoms with E-state index in [1.165, 1.54) is 5.56 Å². The summed E-state index contributed by atoms with van der Waals surface area (Å²) in [4.78, 5) is 0. The molecule has 1 rings (SSSR count). The maximum atomic E-state index is 5.34. The third kappa shape index (κ3) is 1.84. The fourth-order valence-electron chi connectivity index (χ4n) is 0.843. The van der Waals surface area contributed by atoms with Crippen LogP contribution in [0.4, 0.5) is 0 Å². The lowest BCUT2D eigenvalue weighted by Crippen LogP contribution is -2.05. The van der Waals surface area contributed by atoms with Gasteiger partial charge in [-0.3, -0.25) is 4.68 Å². The first-order valence-electron chi connectivity index (χ1n) is 3.52. The Labute approximate surface area is 60.8 Å². The highest BCUT2D eigenvalue weighted by Crippen LogP contribution is 1.94. The molecule has 2 N–H and O–H groups in total. The van der Waals surface area contributed by atoms with Gasteiger partial charge in [0.2, 0.25) is 0 Å². The van der Waals surface area contributed by atoms with Crippen molar-refractivity contribution in [3.8, 4) is 0 Å². The standard InChI is InChI=1S/C7H13N3/c1-7-5-9-10(6-7)4-2-3-8/h5-6H,2-4,8H2,1H3. The van der Waals surface area contributed by atoms with Crippen molar-refractivity contribution in [1.29, 1.82) is 0 Å². The highest BCUT2D eigenvalue weighted by molar-refractivity contribution is 4.99. The molecule has 0 bridgehead atoms. The van der Waals surface area contributed by atoms with Crippen LogP contribution in [0.2, 0.25) is 0 Å². The second-order valence-corrected chi connectivity index (χ2v) is 2.42. The molecule has 0 fully saturated rings. The van der Waals surface area contributed by atoms with Crippen LogP contribution >= 0.6 is 0 Å². The third-order valence-electron chi connectivity index (χ3n) is 1.35. The summed E-state index contributed by atoms with van der Waals surface area (Å²) in [6.45, 7) is 3.70. The molecule has 3 nitrogen and oxygen atoms in total. The lowest BCUT2D eigenvalue weighted by Gasteiger charge is -1.96. The van der Waals surface area contributed by atoms with Gasteiger partial charge in [0, 0.05) is 12.7 Å². The fourth-order valence-corrected chi connectivity index (χ4v) is 0.843. The van der Waals surface area contributed by atoms with Crippen molar-refractivity contribution in [2.45, 2.75) is 19.9 Å². The van der Waals surface area contributed by atoms with Crippen LogP contribution in [0.1, 0.15) is 12.0 Å². The van der Waals surface area contributed by atoms with E-state index >= 15 is 0 Å². The van der Waals surface area contributed by atoms with Crippen LogP contribution in [0.15, 0.2) is 12.4 Å². The van der Waals surface area contributed by atoms with Crippen molar-refractivity contribution < 1.29 is 0 Å². The summed E-state index contributed by atoms with van der Waals surface area (Å²) in [5.74, 6) is 0. The van der Waals surface area contributed by atoms with Gasteiger partial charge in [0.25, 0.3) is 0 Å². The van der Waals surface area contributed by atoms with Gasteiger partial charge in [-0.25, -0.2) is 0 Å². The van der Waals surface area contributed by atoms with E-state index in [9.17, 15) is 0 Å². The molecule has 0 saturated carbocycles. The van der Waals surface area contributed by atoms with Gasteiger partial charge >= 0.3 is 0 Å². The second-order valence-electron chi connectivity index (χ2n) is 2.42. The molecule has 1 aromatic rings. The van der Waals surface area contributed by atoms with Crippen molar-refractivity contribution in [2.75, 3.05) is 6.54 Å². The number of rotatable bonds is 3. The molecule has 0 unspecified atom stereocenters. The van der Waals surface area contributed by atoms with E-state index in [-0.39, 0.29) is 0 Å². The van der Waals surface area contributed by atoms with Crippen molar-refractivity contribution in [3.63, 3.8) is 0 Å². The highest BCUT2D eigenvalue weighted by atomic mass is 15.3. The van der Waals surface area contributed by atoms with Crippen LogP contribution < -0.4 is 5.73 Å². The van der Waals surface area contributed by atoms with E-state index in [1.807, 2.05) is 24.0 Å². The Bertz CT molecular complexity index is 192. The number of nitrogens with two attached hydrogens (primary N) is 1. The van der Waals surface area contributed by atoms with Gasteiger partial charge in [0.05, 0.1) is 6.20 Å². The van der Waals surface area contributed by atoms with Crippen molar-refractivity contribution >= 4 is 0 Å². The number of hydrogen-bond donors (Lipinski definition) is 1. The third-order valence-corrected chi connectivity index (χ3v) is 1.35. The Hall–Kier alpha value is -0.830. The Morgan fingerprint density at radius 1 is 1.70 bits per heavy atom. The van der Waals surface area contributed by atoms with Gasteiger partial charge < -0.3 is 5.73 Å². The summed E-state index contributed by atoms with van der Waals surface area (Å²) in [7, 11) is 0. The molecule has 0 saturated heterocycles. The molecule has 0 aliphatic rings. The normalized spacial score (nSPS) is 10.2. The summed E-state index contributed by atoms with van der Waals surface area (Å²) in [6, 6.07) is 0. The van der Waals surface area contributed by atoms with Gasteiger partial charge in [-0.05, 0) is 25.5 Å². The first-order valence-corrected chi connectivity index (χ1v) is 3.52. The van der Waals surface area contributed by atoms with Gasteiger partial charge in [-0.15, -0.1) is 0 Å². The number of nitrogens with zero attached hydrogens (tertiary/aromatic N) is 2. The first-order chi connectivity index (χ1) is 4.83. The molecule has 0 radical (unpaired) electrons. The van der Waals surface area contributed by atoms with E-state index < -0.39 is 0 Å². The molecule has 1 heterocycles. The van der Waals surface area contributed by atoms with Crippen molar-refractivity contribution in [2.24, 2.45) is 5.73 Å². The average molecular weight is 139 g/mol.